The third kappa shape index (κ3) is 3.40. The van der Waals surface area contributed by atoms with Gasteiger partial charge < -0.3 is 10.6 Å². The van der Waals surface area contributed by atoms with Crippen molar-refractivity contribution in [2.75, 3.05) is 31.9 Å². The molecule has 1 amide bonds. The molecule has 1 aliphatic rings. The SMILES string of the molecule is Nc1ccc(C(=O)N2CCN(Cc3ccsc3)CC2)nc1. The van der Waals surface area contributed by atoms with Crippen molar-refractivity contribution in [2.24, 2.45) is 0 Å². The predicted octanol–water partition coefficient (Wildman–Crippen LogP) is 1.68. The van der Waals surface area contributed by atoms with Gasteiger partial charge in [0.1, 0.15) is 5.69 Å². The predicted molar refractivity (Wildman–Crippen MR) is 84.1 cm³/mol. The normalized spacial score (nSPS) is 16.1. The van der Waals surface area contributed by atoms with E-state index in [1.807, 2.05) is 4.90 Å². The van der Waals surface area contributed by atoms with Crippen LogP contribution in [0.5, 0.6) is 0 Å². The molecule has 0 atom stereocenters. The molecule has 0 saturated carbocycles. The molecule has 2 aromatic heterocycles. The Kier molecular flexibility index (Phi) is 4.17. The van der Waals surface area contributed by atoms with Crippen molar-refractivity contribution in [1.29, 1.82) is 0 Å². The van der Waals surface area contributed by atoms with Gasteiger partial charge in [0, 0.05) is 32.7 Å². The summed E-state index contributed by atoms with van der Waals surface area (Å²) < 4.78 is 0. The summed E-state index contributed by atoms with van der Waals surface area (Å²) in [6.45, 7) is 4.25. The standard InChI is InChI=1S/C15H18N4OS/c16-13-1-2-14(17-9-13)15(20)19-6-4-18(5-7-19)10-12-3-8-21-11-12/h1-3,8-9,11H,4-7,10,16H2. The van der Waals surface area contributed by atoms with Gasteiger partial charge in [-0.2, -0.15) is 11.3 Å². The topological polar surface area (TPSA) is 62.5 Å². The van der Waals surface area contributed by atoms with Crippen molar-refractivity contribution in [3.8, 4) is 0 Å². The Balaban J connectivity index is 1.55. The maximum Gasteiger partial charge on any atom is 0.272 e. The lowest BCUT2D eigenvalue weighted by molar-refractivity contribution is 0.0623. The number of aromatic nitrogens is 1. The molecule has 2 aromatic rings. The van der Waals surface area contributed by atoms with Gasteiger partial charge in [0.15, 0.2) is 0 Å². The first-order valence-corrected chi connectivity index (χ1v) is 7.91. The molecule has 21 heavy (non-hydrogen) atoms. The van der Waals surface area contributed by atoms with Gasteiger partial charge in [0.25, 0.3) is 5.91 Å². The Morgan fingerprint density at radius 2 is 2.05 bits per heavy atom. The Labute approximate surface area is 128 Å². The van der Waals surface area contributed by atoms with E-state index in [2.05, 4.69) is 26.7 Å². The first kappa shape index (κ1) is 14.0. The number of hydrogen-bond acceptors (Lipinski definition) is 5. The van der Waals surface area contributed by atoms with E-state index in [1.165, 1.54) is 11.8 Å². The van der Waals surface area contributed by atoms with Crippen LogP contribution in [-0.2, 0) is 6.54 Å². The van der Waals surface area contributed by atoms with E-state index < -0.39 is 0 Å². The second-order valence-electron chi connectivity index (χ2n) is 5.18. The summed E-state index contributed by atoms with van der Waals surface area (Å²) in [5.74, 6) is -0.00909. The molecular weight excluding hydrogens is 284 g/mol. The van der Waals surface area contributed by atoms with Gasteiger partial charge in [-0.3, -0.25) is 9.69 Å². The summed E-state index contributed by atoms with van der Waals surface area (Å²) in [7, 11) is 0. The number of nitrogens with zero attached hydrogens (tertiary/aromatic N) is 3. The number of rotatable bonds is 3. The number of carbonyl (C=O) groups excluding carboxylic acids is 1. The molecule has 6 heteroatoms. The first-order valence-electron chi connectivity index (χ1n) is 6.96. The van der Waals surface area contributed by atoms with Gasteiger partial charge in [0.2, 0.25) is 0 Å². The van der Waals surface area contributed by atoms with Crippen molar-refractivity contribution in [1.82, 2.24) is 14.8 Å². The Hall–Kier alpha value is -1.92. The zero-order chi connectivity index (χ0) is 14.7. The molecule has 3 rings (SSSR count). The van der Waals surface area contributed by atoms with Gasteiger partial charge in [-0.25, -0.2) is 4.98 Å². The third-order valence-corrected chi connectivity index (χ3v) is 4.38. The fourth-order valence-electron chi connectivity index (χ4n) is 2.44. The van der Waals surface area contributed by atoms with Gasteiger partial charge >= 0.3 is 0 Å². The molecule has 3 heterocycles. The van der Waals surface area contributed by atoms with Crippen LogP contribution >= 0.6 is 11.3 Å². The van der Waals surface area contributed by atoms with Crippen molar-refractivity contribution < 1.29 is 4.79 Å². The van der Waals surface area contributed by atoms with E-state index >= 15 is 0 Å². The average molecular weight is 302 g/mol. The number of piperazine rings is 1. The number of nitrogen functional groups attached to an aromatic ring is 1. The van der Waals surface area contributed by atoms with Gasteiger partial charge in [-0.05, 0) is 34.5 Å². The quantitative estimate of drug-likeness (QED) is 0.937. The molecule has 1 saturated heterocycles. The Morgan fingerprint density at radius 1 is 1.24 bits per heavy atom. The summed E-state index contributed by atoms with van der Waals surface area (Å²) >= 11 is 1.72. The highest BCUT2D eigenvalue weighted by molar-refractivity contribution is 7.07. The maximum atomic E-state index is 12.3. The van der Waals surface area contributed by atoms with E-state index in [0.717, 1.165) is 32.7 Å². The van der Waals surface area contributed by atoms with Crippen LogP contribution in [0.15, 0.2) is 35.2 Å². The lowest BCUT2D eigenvalue weighted by atomic mass is 10.2. The molecule has 0 radical (unpaired) electrons. The van der Waals surface area contributed by atoms with Gasteiger partial charge in [-0.15, -0.1) is 0 Å². The number of thiophene rings is 1. The number of carbonyl (C=O) groups is 1. The van der Waals surface area contributed by atoms with E-state index in [1.54, 1.807) is 23.5 Å². The number of nitrogens with two attached hydrogens (primary N) is 1. The van der Waals surface area contributed by atoms with Crippen LogP contribution in [0.25, 0.3) is 0 Å². The van der Waals surface area contributed by atoms with Crippen molar-refractivity contribution in [3.05, 3.63) is 46.4 Å². The number of pyridine rings is 1. The van der Waals surface area contributed by atoms with E-state index in [4.69, 9.17) is 5.73 Å². The van der Waals surface area contributed by atoms with Gasteiger partial charge in [0.05, 0.1) is 11.9 Å². The molecule has 0 aliphatic carbocycles. The van der Waals surface area contributed by atoms with Crippen LogP contribution in [0.3, 0.4) is 0 Å². The lowest BCUT2D eigenvalue weighted by Crippen LogP contribution is -2.48. The molecule has 110 valence electrons. The van der Waals surface area contributed by atoms with Crippen molar-refractivity contribution in [3.63, 3.8) is 0 Å². The summed E-state index contributed by atoms with van der Waals surface area (Å²) in [6, 6.07) is 5.56. The minimum absolute atomic E-state index is 0.00909. The summed E-state index contributed by atoms with van der Waals surface area (Å²) in [4.78, 5) is 20.7. The largest absolute Gasteiger partial charge is 0.397 e. The Bertz CT molecular complexity index is 589. The van der Waals surface area contributed by atoms with Crippen LogP contribution in [0.1, 0.15) is 16.1 Å². The second kappa shape index (κ2) is 6.24. The van der Waals surface area contributed by atoms with Crippen molar-refractivity contribution >= 4 is 22.9 Å². The fraction of sp³-hybridized carbons (Fsp3) is 0.333. The molecule has 0 unspecified atom stereocenters. The number of anilines is 1. The molecule has 2 N–H and O–H groups in total. The monoisotopic (exact) mass is 302 g/mol. The highest BCUT2D eigenvalue weighted by Crippen LogP contribution is 2.13. The van der Waals surface area contributed by atoms with Crippen LogP contribution in [0.2, 0.25) is 0 Å². The minimum Gasteiger partial charge on any atom is -0.397 e. The van der Waals surface area contributed by atoms with Gasteiger partial charge in [-0.1, -0.05) is 0 Å². The lowest BCUT2D eigenvalue weighted by Gasteiger charge is -2.34. The van der Waals surface area contributed by atoms with Crippen LogP contribution < -0.4 is 5.73 Å². The first-order chi connectivity index (χ1) is 10.2. The maximum absolute atomic E-state index is 12.3. The molecule has 0 aromatic carbocycles. The zero-order valence-corrected chi connectivity index (χ0v) is 12.6. The number of amides is 1. The molecule has 5 nitrogen and oxygen atoms in total. The molecular formula is C15H18N4OS. The van der Waals surface area contributed by atoms with Crippen molar-refractivity contribution in [2.45, 2.75) is 6.54 Å². The smallest absolute Gasteiger partial charge is 0.272 e. The highest BCUT2D eigenvalue weighted by Gasteiger charge is 2.22. The molecule has 1 fully saturated rings. The number of hydrogen-bond donors (Lipinski definition) is 1. The van der Waals surface area contributed by atoms with Crippen LogP contribution in [0, 0.1) is 0 Å². The Morgan fingerprint density at radius 3 is 2.67 bits per heavy atom. The summed E-state index contributed by atoms with van der Waals surface area (Å²) in [5.41, 5.74) is 7.99. The summed E-state index contributed by atoms with van der Waals surface area (Å²) in [5, 5.41) is 4.28. The molecule has 0 spiro atoms. The minimum atomic E-state index is -0.00909. The average Bonchev–Trinajstić information content (AvgIpc) is 3.01. The summed E-state index contributed by atoms with van der Waals surface area (Å²) in [6.07, 6.45) is 1.53. The van der Waals surface area contributed by atoms with Crippen LogP contribution in [0.4, 0.5) is 5.69 Å². The second-order valence-corrected chi connectivity index (χ2v) is 5.96. The van der Waals surface area contributed by atoms with Crippen LogP contribution in [-0.4, -0.2) is 46.9 Å². The molecule has 1 aliphatic heterocycles. The highest BCUT2D eigenvalue weighted by atomic mass is 32.1. The fourth-order valence-corrected chi connectivity index (χ4v) is 3.10. The van der Waals surface area contributed by atoms with E-state index in [0.29, 0.717) is 11.4 Å². The zero-order valence-electron chi connectivity index (χ0n) is 11.7. The van der Waals surface area contributed by atoms with E-state index in [9.17, 15) is 4.79 Å². The molecule has 0 bridgehead atoms. The third-order valence-electron chi connectivity index (χ3n) is 3.65. The van der Waals surface area contributed by atoms with E-state index in [-0.39, 0.29) is 5.91 Å².